The number of nitrogen functional groups attached to an aromatic ring is 1. The van der Waals surface area contributed by atoms with Crippen LogP contribution in [0.15, 0.2) is 24.4 Å². The average Bonchev–Trinajstić information content (AvgIpc) is 3.31. The lowest BCUT2D eigenvalue weighted by Crippen LogP contribution is -2.47. The van der Waals surface area contributed by atoms with Crippen LogP contribution in [-0.4, -0.2) is 95.0 Å². The molecule has 0 saturated carbocycles. The summed E-state index contributed by atoms with van der Waals surface area (Å²) in [7, 11) is 0. The Labute approximate surface area is 216 Å². The molecule has 2 aliphatic rings. The van der Waals surface area contributed by atoms with Gasteiger partial charge < -0.3 is 36.0 Å². The third-order valence-corrected chi connectivity index (χ3v) is 6.35. The minimum absolute atomic E-state index is 0.0496. The second kappa shape index (κ2) is 11.3. The Morgan fingerprint density at radius 2 is 2.00 bits per heavy atom. The van der Waals surface area contributed by atoms with Crippen LogP contribution in [0.25, 0.3) is 0 Å². The molecule has 0 aliphatic carbocycles. The molecule has 2 saturated heterocycles. The average molecular weight is 517 g/mol. The van der Waals surface area contributed by atoms with E-state index in [0.29, 0.717) is 31.1 Å². The van der Waals surface area contributed by atoms with Crippen LogP contribution in [0.5, 0.6) is 0 Å². The molecule has 5 N–H and O–H groups in total. The summed E-state index contributed by atoms with van der Waals surface area (Å²) in [5.41, 5.74) is 6.96. The number of amides is 1. The molecule has 0 radical (unpaired) electrons. The number of aliphatic hydroxyl groups excluding tert-OH is 1. The highest BCUT2D eigenvalue weighted by Gasteiger charge is 2.30. The largest absolute Gasteiger partial charge is 0.444 e. The Hall–Kier alpha value is -3.38. The SMILES string of the molecule is CC(C)(C)OC(=O)N1CCC(Nc2nc(Nc3ccc(N4CCN(CCO)CC4)cc3F)ncc2N)C1. The van der Waals surface area contributed by atoms with Crippen molar-refractivity contribution in [2.24, 2.45) is 0 Å². The van der Waals surface area contributed by atoms with Gasteiger partial charge >= 0.3 is 6.09 Å². The van der Waals surface area contributed by atoms with Crippen molar-refractivity contribution in [3.05, 3.63) is 30.2 Å². The van der Waals surface area contributed by atoms with E-state index >= 15 is 0 Å². The Morgan fingerprint density at radius 3 is 2.68 bits per heavy atom. The topological polar surface area (TPSA) is 132 Å². The van der Waals surface area contributed by atoms with E-state index < -0.39 is 11.4 Å². The number of β-amino-alcohol motifs (C(OH)–C–C–N with tert-alkyl or cyclic N) is 1. The molecule has 0 spiro atoms. The lowest BCUT2D eigenvalue weighted by molar-refractivity contribution is 0.0293. The molecule has 1 amide bonds. The molecule has 2 fully saturated rings. The molecule has 3 heterocycles. The number of nitrogens with two attached hydrogens (primary N) is 1. The minimum Gasteiger partial charge on any atom is -0.444 e. The Bertz CT molecular complexity index is 1090. The van der Waals surface area contributed by atoms with Gasteiger partial charge in [0.2, 0.25) is 5.95 Å². The Kier molecular flexibility index (Phi) is 8.18. The van der Waals surface area contributed by atoms with Gasteiger partial charge in [-0.05, 0) is 45.4 Å². The number of halogens is 1. The summed E-state index contributed by atoms with van der Waals surface area (Å²) in [5, 5.41) is 15.3. The maximum Gasteiger partial charge on any atom is 0.410 e. The summed E-state index contributed by atoms with van der Waals surface area (Å²) in [6.07, 6.45) is 1.84. The van der Waals surface area contributed by atoms with Gasteiger partial charge in [-0.15, -0.1) is 0 Å². The minimum atomic E-state index is -0.553. The van der Waals surface area contributed by atoms with Gasteiger partial charge in [-0.2, -0.15) is 4.98 Å². The van der Waals surface area contributed by atoms with E-state index in [1.165, 1.54) is 12.3 Å². The lowest BCUT2D eigenvalue weighted by atomic mass is 10.2. The molecule has 1 unspecified atom stereocenters. The standard InChI is InChI=1S/C25H37FN8O3/c1-25(2,3)37-24(36)34-7-6-17(16-34)29-22-20(27)15-28-23(31-22)30-21-5-4-18(14-19(21)26)33-10-8-32(9-11-33)12-13-35/h4-5,14-15,17,35H,6-13,16,27H2,1-3H3,(H2,28,29,30,31). The van der Waals surface area contributed by atoms with Crippen LogP contribution >= 0.6 is 0 Å². The zero-order chi connectivity index (χ0) is 26.6. The Balaban J connectivity index is 1.36. The number of hydrogen-bond acceptors (Lipinski definition) is 10. The number of piperazine rings is 1. The number of aliphatic hydroxyl groups is 1. The van der Waals surface area contributed by atoms with E-state index in [2.05, 4.69) is 30.4 Å². The Morgan fingerprint density at radius 1 is 1.24 bits per heavy atom. The van der Waals surface area contributed by atoms with Gasteiger partial charge in [0.25, 0.3) is 0 Å². The molecule has 1 aromatic carbocycles. The number of likely N-dealkylation sites (tertiary alicyclic amines) is 1. The summed E-state index contributed by atoms with van der Waals surface area (Å²) in [5.74, 6) is 0.225. The van der Waals surface area contributed by atoms with Gasteiger partial charge in [-0.25, -0.2) is 14.2 Å². The van der Waals surface area contributed by atoms with E-state index in [9.17, 15) is 9.18 Å². The van der Waals surface area contributed by atoms with Crippen LogP contribution in [0.4, 0.5) is 38.0 Å². The van der Waals surface area contributed by atoms with Crippen molar-refractivity contribution < 1.29 is 19.0 Å². The molecule has 0 bridgehead atoms. The van der Waals surface area contributed by atoms with E-state index in [4.69, 9.17) is 15.6 Å². The highest BCUT2D eigenvalue weighted by atomic mass is 19.1. The predicted octanol–water partition coefficient (Wildman–Crippen LogP) is 2.48. The number of anilines is 5. The van der Waals surface area contributed by atoms with Crippen LogP contribution in [0, 0.1) is 5.82 Å². The summed E-state index contributed by atoms with van der Waals surface area (Å²) < 4.78 is 20.4. The molecule has 1 atom stereocenters. The smallest absolute Gasteiger partial charge is 0.410 e. The number of rotatable bonds is 7. The number of ether oxygens (including phenoxy) is 1. The van der Waals surface area contributed by atoms with Gasteiger partial charge in [0.1, 0.15) is 11.4 Å². The molecular weight excluding hydrogens is 479 g/mol. The first-order valence-corrected chi connectivity index (χ1v) is 12.6. The predicted molar refractivity (Wildman–Crippen MR) is 142 cm³/mol. The number of nitrogens with one attached hydrogen (secondary N) is 2. The van der Waals surface area contributed by atoms with E-state index in [1.807, 2.05) is 26.8 Å². The normalized spacial score (nSPS) is 18.7. The monoisotopic (exact) mass is 516 g/mol. The van der Waals surface area contributed by atoms with Crippen molar-refractivity contribution in [2.75, 3.05) is 73.7 Å². The zero-order valence-electron chi connectivity index (χ0n) is 21.7. The number of benzene rings is 1. The molecule has 2 aromatic rings. The maximum absolute atomic E-state index is 15.0. The first-order chi connectivity index (χ1) is 17.6. The van der Waals surface area contributed by atoms with Gasteiger partial charge in [0, 0.05) is 57.5 Å². The van der Waals surface area contributed by atoms with Crippen molar-refractivity contribution >= 4 is 34.9 Å². The first-order valence-electron chi connectivity index (χ1n) is 12.6. The maximum atomic E-state index is 15.0. The second-order valence-electron chi connectivity index (χ2n) is 10.4. The number of nitrogens with zero attached hydrogens (tertiary/aromatic N) is 5. The summed E-state index contributed by atoms with van der Waals surface area (Å²) >= 11 is 0. The number of carbonyl (C=O) groups excluding carboxylic acids is 1. The lowest BCUT2D eigenvalue weighted by Gasteiger charge is -2.35. The zero-order valence-corrected chi connectivity index (χ0v) is 21.7. The number of aromatic nitrogens is 2. The highest BCUT2D eigenvalue weighted by molar-refractivity contribution is 5.69. The number of hydrogen-bond donors (Lipinski definition) is 4. The van der Waals surface area contributed by atoms with E-state index in [0.717, 1.165) is 38.3 Å². The molecule has 202 valence electrons. The third kappa shape index (κ3) is 7.10. The molecule has 1 aromatic heterocycles. The number of carbonyl (C=O) groups is 1. The van der Waals surface area contributed by atoms with Crippen LogP contribution in [0.2, 0.25) is 0 Å². The van der Waals surface area contributed by atoms with Crippen molar-refractivity contribution in [3.63, 3.8) is 0 Å². The fourth-order valence-electron chi connectivity index (χ4n) is 4.42. The quantitative estimate of drug-likeness (QED) is 0.435. The van der Waals surface area contributed by atoms with Gasteiger partial charge in [0.05, 0.1) is 24.2 Å². The van der Waals surface area contributed by atoms with Gasteiger partial charge in [-0.1, -0.05) is 0 Å². The summed E-state index contributed by atoms with van der Waals surface area (Å²) in [4.78, 5) is 27.0. The third-order valence-electron chi connectivity index (χ3n) is 6.35. The molecular formula is C25H37FN8O3. The van der Waals surface area contributed by atoms with Crippen molar-refractivity contribution in [2.45, 2.75) is 38.8 Å². The van der Waals surface area contributed by atoms with Gasteiger partial charge in [0.15, 0.2) is 5.82 Å². The summed E-state index contributed by atoms with van der Waals surface area (Å²) in [6, 6.07) is 5.00. The van der Waals surface area contributed by atoms with E-state index in [1.54, 1.807) is 11.0 Å². The highest BCUT2D eigenvalue weighted by Crippen LogP contribution is 2.27. The van der Waals surface area contributed by atoms with E-state index in [-0.39, 0.29) is 30.4 Å². The van der Waals surface area contributed by atoms with Crippen LogP contribution in [0.3, 0.4) is 0 Å². The van der Waals surface area contributed by atoms with Crippen LogP contribution < -0.4 is 21.3 Å². The fraction of sp³-hybridized carbons (Fsp3) is 0.560. The fourth-order valence-corrected chi connectivity index (χ4v) is 4.42. The van der Waals surface area contributed by atoms with Gasteiger partial charge in [-0.3, -0.25) is 4.90 Å². The van der Waals surface area contributed by atoms with Crippen molar-refractivity contribution in [1.82, 2.24) is 19.8 Å². The summed E-state index contributed by atoms with van der Waals surface area (Å²) in [6.45, 7) is 10.5. The second-order valence-corrected chi connectivity index (χ2v) is 10.4. The molecule has 4 rings (SSSR count). The van der Waals surface area contributed by atoms with Crippen molar-refractivity contribution in [1.29, 1.82) is 0 Å². The molecule has 12 heteroatoms. The molecule has 2 aliphatic heterocycles. The van der Waals surface area contributed by atoms with Crippen LogP contribution in [-0.2, 0) is 4.74 Å². The molecule has 11 nitrogen and oxygen atoms in total. The van der Waals surface area contributed by atoms with Crippen LogP contribution in [0.1, 0.15) is 27.2 Å². The first kappa shape index (κ1) is 26.7. The molecule has 37 heavy (non-hydrogen) atoms. The van der Waals surface area contributed by atoms with Crippen molar-refractivity contribution in [3.8, 4) is 0 Å².